The van der Waals surface area contributed by atoms with Gasteiger partial charge in [-0.15, -0.1) is 5.10 Å². The number of hydrogen-bond donors (Lipinski definition) is 2. The second kappa shape index (κ2) is 8.12. The largest absolute Gasteiger partial charge is 0.338 e. The first-order valence-electron chi connectivity index (χ1n) is 10.8. The second-order valence-corrected chi connectivity index (χ2v) is 8.59. The van der Waals surface area contributed by atoms with Crippen LogP contribution in [0.15, 0.2) is 55.0 Å². The van der Waals surface area contributed by atoms with Crippen molar-refractivity contribution in [2.24, 2.45) is 5.92 Å². The van der Waals surface area contributed by atoms with Crippen LogP contribution in [0.3, 0.4) is 0 Å². The number of nitrogens with zero attached hydrogens (tertiary/aromatic N) is 5. The second-order valence-electron chi connectivity index (χ2n) is 8.59. The number of aromatic nitrogens is 4. The van der Waals surface area contributed by atoms with E-state index in [-0.39, 0.29) is 11.8 Å². The molecule has 2 unspecified atom stereocenters. The molecular formula is C23H23N7O3. The monoisotopic (exact) mass is 445 g/mol. The van der Waals surface area contributed by atoms with Crippen LogP contribution in [0.5, 0.6) is 0 Å². The average molecular weight is 445 g/mol. The molecule has 10 heteroatoms. The van der Waals surface area contributed by atoms with E-state index in [0.717, 1.165) is 17.7 Å². The predicted molar refractivity (Wildman–Crippen MR) is 118 cm³/mol. The Morgan fingerprint density at radius 3 is 2.88 bits per heavy atom. The maximum absolute atomic E-state index is 13.1. The minimum Gasteiger partial charge on any atom is -0.338 e. The number of hydrogen-bond acceptors (Lipinski definition) is 6. The summed E-state index contributed by atoms with van der Waals surface area (Å²) in [6.07, 6.45) is 6.22. The predicted octanol–water partition coefficient (Wildman–Crippen LogP) is 1.56. The van der Waals surface area contributed by atoms with Crippen LogP contribution in [0.2, 0.25) is 0 Å². The van der Waals surface area contributed by atoms with E-state index in [0.29, 0.717) is 30.8 Å². The molecule has 168 valence electrons. The Kier molecular flexibility index (Phi) is 5.12. The van der Waals surface area contributed by atoms with Crippen molar-refractivity contribution in [3.05, 3.63) is 66.1 Å². The van der Waals surface area contributed by atoms with Crippen molar-refractivity contribution in [3.8, 4) is 11.3 Å². The number of pyridine rings is 1. The molecule has 0 bridgehead atoms. The first kappa shape index (κ1) is 20.8. The van der Waals surface area contributed by atoms with Crippen molar-refractivity contribution < 1.29 is 14.4 Å². The number of amides is 4. The fourth-order valence-corrected chi connectivity index (χ4v) is 4.36. The molecule has 1 aromatic carbocycles. The molecule has 2 aliphatic rings. The summed E-state index contributed by atoms with van der Waals surface area (Å²) < 4.78 is 1.81. The summed E-state index contributed by atoms with van der Waals surface area (Å²) in [6.45, 7) is 3.55. The zero-order valence-corrected chi connectivity index (χ0v) is 18.1. The maximum Gasteiger partial charge on any atom is 0.322 e. The summed E-state index contributed by atoms with van der Waals surface area (Å²) in [5, 5.41) is 13.3. The molecule has 0 radical (unpaired) electrons. The van der Waals surface area contributed by atoms with E-state index in [1.807, 2.05) is 27.9 Å². The van der Waals surface area contributed by atoms with Gasteiger partial charge < -0.3 is 10.2 Å². The molecule has 2 aromatic heterocycles. The van der Waals surface area contributed by atoms with Crippen LogP contribution in [-0.2, 0) is 16.9 Å². The van der Waals surface area contributed by atoms with Gasteiger partial charge in [-0.25, -0.2) is 4.79 Å². The van der Waals surface area contributed by atoms with Crippen molar-refractivity contribution in [1.82, 2.24) is 35.5 Å². The molecule has 5 rings (SSSR count). The molecule has 33 heavy (non-hydrogen) atoms. The molecule has 0 aliphatic carbocycles. The third kappa shape index (κ3) is 3.95. The Bertz CT molecular complexity index is 1230. The smallest absolute Gasteiger partial charge is 0.322 e. The van der Waals surface area contributed by atoms with Gasteiger partial charge in [-0.3, -0.25) is 24.6 Å². The van der Waals surface area contributed by atoms with Crippen molar-refractivity contribution in [1.29, 1.82) is 0 Å². The maximum atomic E-state index is 13.1. The van der Waals surface area contributed by atoms with E-state index >= 15 is 0 Å². The molecule has 10 nitrogen and oxygen atoms in total. The summed E-state index contributed by atoms with van der Waals surface area (Å²) in [7, 11) is 0. The lowest BCUT2D eigenvalue weighted by molar-refractivity contribution is -0.123. The van der Waals surface area contributed by atoms with E-state index < -0.39 is 17.5 Å². The first-order valence-corrected chi connectivity index (χ1v) is 10.8. The molecule has 0 spiro atoms. The van der Waals surface area contributed by atoms with Crippen LogP contribution in [0, 0.1) is 5.92 Å². The summed E-state index contributed by atoms with van der Waals surface area (Å²) in [4.78, 5) is 42.9. The van der Waals surface area contributed by atoms with Gasteiger partial charge in [0.05, 0.1) is 6.20 Å². The first-order chi connectivity index (χ1) is 15.9. The quantitative estimate of drug-likeness (QED) is 0.575. The number of imide groups is 1. The van der Waals surface area contributed by atoms with Gasteiger partial charge in [-0.1, -0.05) is 17.3 Å². The van der Waals surface area contributed by atoms with Crippen molar-refractivity contribution >= 4 is 17.8 Å². The van der Waals surface area contributed by atoms with Crippen LogP contribution in [0.25, 0.3) is 11.3 Å². The number of carbonyl (C=O) groups is 3. The number of nitrogens with one attached hydrogen (secondary N) is 2. The number of likely N-dealkylation sites (tertiary alicyclic amines) is 1. The third-order valence-corrected chi connectivity index (χ3v) is 6.25. The molecule has 4 amide bonds. The van der Waals surface area contributed by atoms with E-state index in [1.165, 1.54) is 0 Å². The van der Waals surface area contributed by atoms with Gasteiger partial charge in [-0.2, -0.15) is 0 Å². The lowest BCUT2D eigenvalue weighted by atomic mass is 9.91. The summed E-state index contributed by atoms with van der Waals surface area (Å²) in [6, 6.07) is 10.1. The number of rotatable bonds is 5. The molecule has 0 saturated carbocycles. The lowest BCUT2D eigenvalue weighted by Crippen LogP contribution is -2.40. The topological polar surface area (TPSA) is 122 Å². The highest BCUT2D eigenvalue weighted by molar-refractivity contribution is 6.07. The van der Waals surface area contributed by atoms with E-state index in [4.69, 9.17) is 0 Å². The highest BCUT2D eigenvalue weighted by atomic mass is 16.2. The van der Waals surface area contributed by atoms with Gasteiger partial charge in [-0.05, 0) is 49.1 Å². The summed E-state index contributed by atoms with van der Waals surface area (Å²) in [5.41, 5.74) is 1.54. The van der Waals surface area contributed by atoms with Gasteiger partial charge in [0.15, 0.2) is 0 Å². The minimum absolute atomic E-state index is 0.0951. The van der Waals surface area contributed by atoms with Gasteiger partial charge >= 0.3 is 6.03 Å². The number of urea groups is 1. The molecule has 3 aromatic rings. The van der Waals surface area contributed by atoms with E-state index in [1.54, 1.807) is 43.6 Å². The average Bonchev–Trinajstić information content (AvgIpc) is 3.54. The van der Waals surface area contributed by atoms with E-state index in [2.05, 4.69) is 25.9 Å². The van der Waals surface area contributed by atoms with Gasteiger partial charge in [0, 0.05) is 43.2 Å². The molecular weight excluding hydrogens is 422 g/mol. The van der Waals surface area contributed by atoms with Gasteiger partial charge in [0.25, 0.3) is 11.8 Å². The standard InChI is InChI=1S/C23H23N7O3/c1-23(21(32)25-22(33)26-23)18-6-2-4-16(10-18)20(31)29-9-7-15(12-29)13-30-14-19(27-28-30)17-5-3-8-24-11-17/h2-6,8,10-11,14-15H,7,9,12-13H2,1H3,(H2,25,26,32,33). The van der Waals surface area contributed by atoms with Crippen LogP contribution < -0.4 is 10.6 Å². The Labute approximate surface area is 190 Å². The normalized spacial score (nSPS) is 22.3. The Hall–Kier alpha value is -4.08. The molecule has 2 aliphatic heterocycles. The van der Waals surface area contributed by atoms with Crippen LogP contribution in [0.1, 0.15) is 29.3 Å². The number of carbonyl (C=O) groups excluding carboxylic acids is 3. The molecule has 2 fully saturated rings. The molecule has 2 N–H and O–H groups in total. The highest BCUT2D eigenvalue weighted by Crippen LogP contribution is 2.27. The van der Waals surface area contributed by atoms with Crippen molar-refractivity contribution in [2.75, 3.05) is 13.1 Å². The van der Waals surface area contributed by atoms with Crippen molar-refractivity contribution in [3.63, 3.8) is 0 Å². The lowest BCUT2D eigenvalue weighted by Gasteiger charge is -2.22. The van der Waals surface area contributed by atoms with Crippen LogP contribution in [-0.4, -0.2) is 55.8 Å². The third-order valence-electron chi connectivity index (χ3n) is 6.25. The summed E-state index contributed by atoms with van der Waals surface area (Å²) in [5.74, 6) is -0.267. The van der Waals surface area contributed by atoms with E-state index in [9.17, 15) is 14.4 Å². The van der Waals surface area contributed by atoms with Crippen molar-refractivity contribution in [2.45, 2.75) is 25.4 Å². The molecule has 2 atom stereocenters. The Morgan fingerprint density at radius 2 is 2.12 bits per heavy atom. The van der Waals surface area contributed by atoms with Gasteiger partial charge in [0.2, 0.25) is 0 Å². The highest BCUT2D eigenvalue weighted by Gasteiger charge is 2.43. The SMILES string of the molecule is CC1(c2cccc(C(=O)N3CCC(Cn4cc(-c5cccnc5)nn4)C3)c2)NC(=O)NC1=O. The Balaban J connectivity index is 1.25. The minimum atomic E-state index is -1.19. The molecule has 2 saturated heterocycles. The fourth-order valence-electron chi connectivity index (χ4n) is 4.36. The number of benzene rings is 1. The Morgan fingerprint density at radius 1 is 1.24 bits per heavy atom. The van der Waals surface area contributed by atoms with Gasteiger partial charge in [0.1, 0.15) is 11.2 Å². The zero-order valence-electron chi connectivity index (χ0n) is 18.1. The zero-order chi connectivity index (χ0) is 23.0. The fraction of sp³-hybridized carbons (Fsp3) is 0.304. The summed E-state index contributed by atoms with van der Waals surface area (Å²) >= 11 is 0. The van der Waals surface area contributed by atoms with Crippen LogP contribution >= 0.6 is 0 Å². The molecule has 4 heterocycles. The van der Waals surface area contributed by atoms with Crippen LogP contribution in [0.4, 0.5) is 4.79 Å².